The smallest absolute Gasteiger partial charge is 0.172 e. The van der Waals surface area contributed by atoms with Crippen LogP contribution in [0, 0.1) is 0 Å². The van der Waals surface area contributed by atoms with Crippen molar-refractivity contribution >= 4 is 11.8 Å². The van der Waals surface area contributed by atoms with Crippen molar-refractivity contribution in [2.45, 2.75) is 5.16 Å². The zero-order valence-electron chi connectivity index (χ0n) is 7.71. The largest absolute Gasteiger partial charge is 0.508 e. The molecule has 1 N–H and O–H groups in total. The first-order valence-corrected chi connectivity index (χ1v) is 5.40. The predicted molar refractivity (Wildman–Crippen MR) is 57.0 cm³/mol. The number of phenolic OH excluding ortho intramolecular Hbond substituents is 1. The number of thioether (sulfide) groups is 1. The fraction of sp³-hybridized carbons (Fsp3) is 0.100. The molecule has 3 nitrogen and oxygen atoms in total. The number of hydrogen-bond donors (Lipinski definition) is 1. The van der Waals surface area contributed by atoms with Gasteiger partial charge in [-0.3, -0.25) is 4.57 Å². The average Bonchev–Trinajstić information content (AvgIpc) is 2.67. The average molecular weight is 206 g/mol. The number of imidazole rings is 1. The van der Waals surface area contributed by atoms with Crippen molar-refractivity contribution in [1.29, 1.82) is 0 Å². The van der Waals surface area contributed by atoms with E-state index in [1.807, 2.05) is 29.2 Å². The van der Waals surface area contributed by atoms with E-state index in [1.54, 1.807) is 30.1 Å². The number of hydrogen-bond acceptors (Lipinski definition) is 3. The highest BCUT2D eigenvalue weighted by Gasteiger charge is 2.02. The van der Waals surface area contributed by atoms with Crippen LogP contribution < -0.4 is 0 Å². The summed E-state index contributed by atoms with van der Waals surface area (Å²) < 4.78 is 1.98. The lowest BCUT2D eigenvalue weighted by Gasteiger charge is -2.05. The molecular formula is C10H10N2OS. The van der Waals surface area contributed by atoms with Gasteiger partial charge in [0.1, 0.15) is 5.75 Å². The second-order valence-corrected chi connectivity index (χ2v) is 3.57. The highest BCUT2D eigenvalue weighted by atomic mass is 32.2. The maximum atomic E-state index is 9.15. The van der Waals surface area contributed by atoms with Crippen LogP contribution in [0.5, 0.6) is 5.75 Å². The normalized spacial score (nSPS) is 10.4. The highest BCUT2D eigenvalue weighted by Crippen LogP contribution is 2.19. The van der Waals surface area contributed by atoms with E-state index in [-0.39, 0.29) is 5.75 Å². The summed E-state index contributed by atoms with van der Waals surface area (Å²) in [6.07, 6.45) is 5.65. The fourth-order valence-electron chi connectivity index (χ4n) is 1.25. The maximum Gasteiger partial charge on any atom is 0.172 e. The first kappa shape index (κ1) is 9.15. The Morgan fingerprint density at radius 1 is 1.29 bits per heavy atom. The van der Waals surface area contributed by atoms with Gasteiger partial charge in [0.15, 0.2) is 5.16 Å². The molecule has 1 aromatic heterocycles. The van der Waals surface area contributed by atoms with Crippen LogP contribution in [0.25, 0.3) is 5.69 Å². The summed E-state index contributed by atoms with van der Waals surface area (Å²) in [6, 6.07) is 7.05. The zero-order chi connectivity index (χ0) is 9.97. The van der Waals surface area contributed by atoms with E-state index >= 15 is 0 Å². The molecule has 72 valence electrons. The summed E-state index contributed by atoms with van der Waals surface area (Å²) >= 11 is 1.59. The SMILES string of the molecule is CSc1nccn1-c1ccc(O)cc1. The van der Waals surface area contributed by atoms with Crippen LogP contribution in [-0.4, -0.2) is 20.9 Å². The Morgan fingerprint density at radius 2 is 2.00 bits per heavy atom. The molecule has 2 rings (SSSR count). The number of aromatic hydroxyl groups is 1. The van der Waals surface area contributed by atoms with Crippen LogP contribution in [0.2, 0.25) is 0 Å². The molecule has 0 fully saturated rings. The topological polar surface area (TPSA) is 38.0 Å². The summed E-state index contributed by atoms with van der Waals surface area (Å²) in [5.41, 5.74) is 1.00. The van der Waals surface area contributed by atoms with Crippen molar-refractivity contribution in [3.63, 3.8) is 0 Å². The van der Waals surface area contributed by atoms with E-state index in [0.717, 1.165) is 10.8 Å². The van der Waals surface area contributed by atoms with Gasteiger partial charge in [0.05, 0.1) is 0 Å². The Labute approximate surface area is 86.4 Å². The number of nitrogens with zero attached hydrogens (tertiary/aromatic N) is 2. The second-order valence-electron chi connectivity index (χ2n) is 2.80. The molecule has 2 aromatic rings. The van der Waals surface area contributed by atoms with Crippen molar-refractivity contribution in [1.82, 2.24) is 9.55 Å². The van der Waals surface area contributed by atoms with Gasteiger partial charge < -0.3 is 5.11 Å². The minimum absolute atomic E-state index is 0.277. The fourth-order valence-corrected chi connectivity index (χ4v) is 1.78. The van der Waals surface area contributed by atoms with Gasteiger partial charge in [0, 0.05) is 18.1 Å². The molecule has 4 heteroatoms. The van der Waals surface area contributed by atoms with Crippen LogP contribution in [0.1, 0.15) is 0 Å². The maximum absolute atomic E-state index is 9.15. The molecule has 0 unspecified atom stereocenters. The van der Waals surface area contributed by atoms with Gasteiger partial charge in [-0.1, -0.05) is 11.8 Å². The van der Waals surface area contributed by atoms with Crippen molar-refractivity contribution in [3.8, 4) is 11.4 Å². The Balaban J connectivity index is 2.44. The van der Waals surface area contributed by atoms with Crippen molar-refractivity contribution < 1.29 is 5.11 Å². The molecule has 14 heavy (non-hydrogen) atoms. The standard InChI is InChI=1S/C10H10N2OS/c1-14-10-11-6-7-12(10)8-2-4-9(13)5-3-8/h2-7,13H,1H3. The minimum Gasteiger partial charge on any atom is -0.508 e. The van der Waals surface area contributed by atoms with Crippen molar-refractivity contribution in [2.24, 2.45) is 0 Å². The second kappa shape index (κ2) is 3.75. The summed E-state index contributed by atoms with van der Waals surface area (Å²) in [6.45, 7) is 0. The van der Waals surface area contributed by atoms with E-state index in [4.69, 9.17) is 5.11 Å². The minimum atomic E-state index is 0.277. The third kappa shape index (κ3) is 1.61. The summed E-state index contributed by atoms with van der Waals surface area (Å²) in [4.78, 5) is 4.20. The van der Waals surface area contributed by atoms with E-state index in [2.05, 4.69) is 4.98 Å². The van der Waals surface area contributed by atoms with E-state index in [9.17, 15) is 0 Å². The van der Waals surface area contributed by atoms with Crippen molar-refractivity contribution in [2.75, 3.05) is 6.26 Å². The molecule has 0 saturated heterocycles. The molecule has 0 amide bonds. The Morgan fingerprint density at radius 3 is 2.64 bits per heavy atom. The molecule has 0 spiro atoms. The number of benzene rings is 1. The van der Waals surface area contributed by atoms with Crippen LogP contribution in [0.15, 0.2) is 41.8 Å². The van der Waals surface area contributed by atoms with Gasteiger partial charge in [-0.05, 0) is 30.5 Å². The lowest BCUT2D eigenvalue weighted by atomic mass is 10.3. The Hall–Kier alpha value is -1.42. The zero-order valence-corrected chi connectivity index (χ0v) is 8.53. The summed E-state index contributed by atoms with van der Waals surface area (Å²) in [7, 11) is 0. The molecule has 0 aliphatic carbocycles. The molecule has 1 heterocycles. The van der Waals surface area contributed by atoms with Gasteiger partial charge in [-0.2, -0.15) is 0 Å². The van der Waals surface area contributed by atoms with Gasteiger partial charge in [-0.15, -0.1) is 0 Å². The molecular weight excluding hydrogens is 196 g/mol. The van der Waals surface area contributed by atoms with E-state index < -0.39 is 0 Å². The third-order valence-corrected chi connectivity index (χ3v) is 2.58. The lowest BCUT2D eigenvalue weighted by Crippen LogP contribution is -1.93. The third-order valence-electron chi connectivity index (χ3n) is 1.92. The number of phenols is 1. The first-order valence-electron chi connectivity index (χ1n) is 4.18. The van der Waals surface area contributed by atoms with Gasteiger partial charge in [0.25, 0.3) is 0 Å². The summed E-state index contributed by atoms with van der Waals surface area (Å²) in [5, 5.41) is 10.1. The number of rotatable bonds is 2. The molecule has 0 radical (unpaired) electrons. The Bertz CT molecular complexity index is 422. The van der Waals surface area contributed by atoms with Crippen LogP contribution in [-0.2, 0) is 0 Å². The van der Waals surface area contributed by atoms with E-state index in [0.29, 0.717) is 0 Å². The van der Waals surface area contributed by atoms with Crippen molar-refractivity contribution in [3.05, 3.63) is 36.7 Å². The molecule has 0 aliphatic heterocycles. The molecule has 0 aliphatic rings. The van der Waals surface area contributed by atoms with E-state index in [1.165, 1.54) is 0 Å². The lowest BCUT2D eigenvalue weighted by molar-refractivity contribution is 0.475. The van der Waals surface area contributed by atoms with Gasteiger partial charge in [0.2, 0.25) is 0 Å². The molecule has 0 atom stereocenters. The number of aromatic nitrogens is 2. The van der Waals surface area contributed by atoms with Crippen LogP contribution >= 0.6 is 11.8 Å². The quantitative estimate of drug-likeness (QED) is 0.766. The van der Waals surface area contributed by atoms with Gasteiger partial charge >= 0.3 is 0 Å². The molecule has 0 bridgehead atoms. The molecule has 0 saturated carbocycles. The van der Waals surface area contributed by atoms with Crippen LogP contribution in [0.4, 0.5) is 0 Å². The van der Waals surface area contributed by atoms with Crippen LogP contribution in [0.3, 0.4) is 0 Å². The Kier molecular flexibility index (Phi) is 2.45. The monoisotopic (exact) mass is 206 g/mol. The molecule has 1 aromatic carbocycles. The highest BCUT2D eigenvalue weighted by molar-refractivity contribution is 7.98. The first-order chi connectivity index (χ1) is 6.81. The summed E-state index contributed by atoms with van der Waals surface area (Å²) in [5.74, 6) is 0.277. The predicted octanol–water partition coefficient (Wildman–Crippen LogP) is 2.30. The van der Waals surface area contributed by atoms with Gasteiger partial charge in [-0.25, -0.2) is 4.98 Å².